The largest absolute Gasteiger partial charge is 0.368 e. The maximum atomic E-state index is 10.8. The second-order valence-electron chi connectivity index (χ2n) is 6.41. The lowest BCUT2D eigenvalue weighted by Gasteiger charge is -2.34. The molecule has 2 aliphatic rings. The van der Waals surface area contributed by atoms with Crippen molar-refractivity contribution >= 4 is 12.1 Å². The molecule has 2 saturated heterocycles. The Bertz CT molecular complexity index is 474. The van der Waals surface area contributed by atoms with Crippen molar-refractivity contribution in [1.82, 2.24) is 9.80 Å². The third-order valence-electron chi connectivity index (χ3n) is 4.80. The molecule has 0 spiro atoms. The van der Waals surface area contributed by atoms with Gasteiger partial charge in [0, 0.05) is 44.5 Å². The van der Waals surface area contributed by atoms with Gasteiger partial charge in [-0.15, -0.1) is 0 Å². The van der Waals surface area contributed by atoms with E-state index in [1.807, 2.05) is 4.90 Å². The number of hydrogen-bond acceptors (Lipinski definition) is 4. The third kappa shape index (κ3) is 3.78. The molecular weight excluding hydrogens is 276 g/mol. The molecule has 1 amide bonds. The average Bonchev–Trinajstić information content (AvgIpc) is 2.58. The monoisotopic (exact) mass is 302 g/mol. The summed E-state index contributed by atoms with van der Waals surface area (Å²) in [5, 5.41) is 0. The summed E-state index contributed by atoms with van der Waals surface area (Å²) in [5.41, 5.74) is 8.58. The summed E-state index contributed by atoms with van der Waals surface area (Å²) in [6, 6.07) is 9.28. The van der Waals surface area contributed by atoms with Gasteiger partial charge in [0.2, 0.25) is 6.41 Å². The Balaban J connectivity index is 1.53. The predicted octanol–water partition coefficient (Wildman–Crippen LogP) is 0.888. The molecule has 0 atom stereocenters. The van der Waals surface area contributed by atoms with Crippen LogP contribution in [0.15, 0.2) is 24.3 Å². The molecular formula is C17H26N4O. The van der Waals surface area contributed by atoms with Crippen molar-refractivity contribution in [2.24, 2.45) is 5.73 Å². The van der Waals surface area contributed by atoms with Crippen molar-refractivity contribution in [3.05, 3.63) is 29.8 Å². The molecule has 0 aliphatic carbocycles. The molecule has 0 aromatic heterocycles. The van der Waals surface area contributed by atoms with Crippen molar-refractivity contribution in [2.75, 3.05) is 44.2 Å². The Kier molecular flexibility index (Phi) is 4.95. The number of anilines is 1. The summed E-state index contributed by atoms with van der Waals surface area (Å²) in [6.07, 6.45) is 3.17. The number of piperazine rings is 1. The zero-order valence-corrected chi connectivity index (χ0v) is 13.2. The number of hydrogen-bond donors (Lipinski definition) is 1. The smallest absolute Gasteiger partial charge is 0.209 e. The van der Waals surface area contributed by atoms with Gasteiger partial charge in [0.05, 0.1) is 0 Å². The molecule has 5 nitrogen and oxygen atoms in total. The molecule has 120 valence electrons. The quantitative estimate of drug-likeness (QED) is 0.839. The number of carbonyl (C=O) groups is 1. The van der Waals surface area contributed by atoms with Gasteiger partial charge < -0.3 is 15.5 Å². The van der Waals surface area contributed by atoms with Crippen LogP contribution in [-0.2, 0) is 11.3 Å². The van der Waals surface area contributed by atoms with E-state index < -0.39 is 0 Å². The number of benzene rings is 1. The van der Waals surface area contributed by atoms with Crippen LogP contribution in [0.25, 0.3) is 0 Å². The van der Waals surface area contributed by atoms with Gasteiger partial charge in [-0.05, 0) is 43.6 Å². The van der Waals surface area contributed by atoms with Crippen LogP contribution in [0.4, 0.5) is 5.69 Å². The number of amides is 1. The summed E-state index contributed by atoms with van der Waals surface area (Å²) >= 11 is 0. The van der Waals surface area contributed by atoms with Crippen LogP contribution in [0.3, 0.4) is 0 Å². The topological polar surface area (TPSA) is 52.8 Å². The van der Waals surface area contributed by atoms with Gasteiger partial charge in [-0.2, -0.15) is 0 Å². The lowest BCUT2D eigenvalue weighted by Crippen LogP contribution is -2.45. The summed E-state index contributed by atoms with van der Waals surface area (Å²) in [7, 11) is 0. The molecule has 0 unspecified atom stereocenters. The second kappa shape index (κ2) is 7.11. The first-order valence-electron chi connectivity index (χ1n) is 8.26. The minimum absolute atomic E-state index is 0.392. The van der Waals surface area contributed by atoms with Gasteiger partial charge >= 0.3 is 0 Å². The molecule has 2 aliphatic heterocycles. The van der Waals surface area contributed by atoms with E-state index in [0.717, 1.165) is 65.1 Å². The average molecular weight is 302 g/mol. The molecule has 3 rings (SSSR count). The maximum absolute atomic E-state index is 10.8. The minimum Gasteiger partial charge on any atom is -0.368 e. The lowest BCUT2D eigenvalue weighted by atomic mass is 10.1. The number of nitrogens with zero attached hydrogens (tertiary/aromatic N) is 3. The van der Waals surface area contributed by atoms with Crippen LogP contribution in [-0.4, -0.2) is 61.5 Å². The third-order valence-corrected chi connectivity index (χ3v) is 4.80. The van der Waals surface area contributed by atoms with E-state index in [2.05, 4.69) is 34.1 Å². The molecule has 0 saturated carbocycles. The molecule has 1 aromatic rings. The molecule has 5 heteroatoms. The standard InChI is InChI=1S/C17H26N4O/c18-16-5-7-19(8-6-16)13-15-1-3-17(4-2-15)21-11-9-20(14-22)10-12-21/h1-4,14,16H,5-13,18H2. The van der Waals surface area contributed by atoms with Gasteiger partial charge in [-0.1, -0.05) is 12.1 Å². The Morgan fingerprint density at radius 2 is 1.64 bits per heavy atom. The first kappa shape index (κ1) is 15.3. The fraction of sp³-hybridized carbons (Fsp3) is 0.588. The molecule has 2 heterocycles. The van der Waals surface area contributed by atoms with Crippen LogP contribution in [0.5, 0.6) is 0 Å². The summed E-state index contributed by atoms with van der Waals surface area (Å²) in [6.45, 7) is 6.71. The highest BCUT2D eigenvalue weighted by Crippen LogP contribution is 2.19. The van der Waals surface area contributed by atoms with Gasteiger partial charge in [0.25, 0.3) is 0 Å². The van der Waals surface area contributed by atoms with Gasteiger partial charge in [-0.25, -0.2) is 0 Å². The molecule has 22 heavy (non-hydrogen) atoms. The summed E-state index contributed by atoms with van der Waals surface area (Å²) in [4.78, 5) is 17.4. The van der Waals surface area contributed by atoms with Gasteiger partial charge in [0.15, 0.2) is 0 Å². The fourth-order valence-electron chi connectivity index (χ4n) is 3.27. The van der Waals surface area contributed by atoms with E-state index in [0.29, 0.717) is 6.04 Å². The highest BCUT2D eigenvalue weighted by molar-refractivity contribution is 5.51. The van der Waals surface area contributed by atoms with E-state index in [9.17, 15) is 4.79 Å². The number of likely N-dealkylation sites (tertiary alicyclic amines) is 1. The fourth-order valence-corrected chi connectivity index (χ4v) is 3.27. The van der Waals surface area contributed by atoms with E-state index in [1.54, 1.807) is 0 Å². The zero-order valence-electron chi connectivity index (χ0n) is 13.2. The maximum Gasteiger partial charge on any atom is 0.209 e. The number of nitrogens with two attached hydrogens (primary N) is 1. The van der Waals surface area contributed by atoms with Crippen molar-refractivity contribution in [3.63, 3.8) is 0 Å². The van der Waals surface area contributed by atoms with Crippen molar-refractivity contribution < 1.29 is 4.79 Å². The van der Waals surface area contributed by atoms with Crippen molar-refractivity contribution in [1.29, 1.82) is 0 Å². The van der Waals surface area contributed by atoms with Gasteiger partial charge in [-0.3, -0.25) is 9.69 Å². The molecule has 0 radical (unpaired) electrons. The molecule has 0 bridgehead atoms. The first-order chi connectivity index (χ1) is 10.7. The number of rotatable bonds is 4. The summed E-state index contributed by atoms with van der Waals surface area (Å²) < 4.78 is 0. The second-order valence-corrected chi connectivity index (χ2v) is 6.41. The van der Waals surface area contributed by atoms with E-state index in [-0.39, 0.29) is 0 Å². The number of carbonyl (C=O) groups excluding carboxylic acids is 1. The van der Waals surface area contributed by atoms with Crippen molar-refractivity contribution in [2.45, 2.75) is 25.4 Å². The SMILES string of the molecule is NC1CCN(Cc2ccc(N3CCN(C=O)CC3)cc2)CC1. The van der Waals surface area contributed by atoms with Crippen LogP contribution < -0.4 is 10.6 Å². The minimum atomic E-state index is 0.392. The van der Waals surface area contributed by atoms with Crippen LogP contribution in [0.2, 0.25) is 0 Å². The van der Waals surface area contributed by atoms with E-state index in [1.165, 1.54) is 11.3 Å². The van der Waals surface area contributed by atoms with Crippen LogP contribution in [0.1, 0.15) is 18.4 Å². The Morgan fingerprint density at radius 3 is 2.23 bits per heavy atom. The summed E-state index contributed by atoms with van der Waals surface area (Å²) in [5.74, 6) is 0. The van der Waals surface area contributed by atoms with Gasteiger partial charge in [0.1, 0.15) is 0 Å². The normalized spacial score (nSPS) is 21.1. The van der Waals surface area contributed by atoms with Crippen molar-refractivity contribution in [3.8, 4) is 0 Å². The van der Waals surface area contributed by atoms with Crippen LogP contribution in [0, 0.1) is 0 Å². The van der Waals surface area contributed by atoms with Crippen LogP contribution >= 0.6 is 0 Å². The van der Waals surface area contributed by atoms with E-state index >= 15 is 0 Å². The van der Waals surface area contributed by atoms with E-state index in [4.69, 9.17) is 5.73 Å². The highest BCUT2D eigenvalue weighted by Gasteiger charge is 2.17. The molecule has 1 aromatic carbocycles. The first-order valence-corrected chi connectivity index (χ1v) is 8.26. The molecule has 2 N–H and O–H groups in total. The Hall–Kier alpha value is -1.59. The Morgan fingerprint density at radius 1 is 1.00 bits per heavy atom. The lowest BCUT2D eigenvalue weighted by molar-refractivity contribution is -0.118. The molecule has 2 fully saturated rings. The zero-order chi connectivity index (χ0) is 15.4. The highest BCUT2D eigenvalue weighted by atomic mass is 16.1. The number of piperidine rings is 1. The predicted molar refractivity (Wildman–Crippen MR) is 88.8 cm³/mol. The Labute approximate surface area is 132 Å².